The number of cyclic esters (lactones) is 1. The summed E-state index contributed by atoms with van der Waals surface area (Å²) in [5.41, 5.74) is -0.242. The number of halogens is 3. The van der Waals surface area contributed by atoms with Crippen LogP contribution in [0.1, 0.15) is 32.3 Å². The molecule has 2 aromatic carbocycles. The molecule has 3 saturated heterocycles. The quantitative estimate of drug-likeness (QED) is 0.373. The molecule has 0 saturated carbocycles. The van der Waals surface area contributed by atoms with Gasteiger partial charge in [0.05, 0.1) is 5.69 Å². The van der Waals surface area contributed by atoms with Crippen molar-refractivity contribution in [1.82, 2.24) is 14.1 Å². The van der Waals surface area contributed by atoms with Crippen molar-refractivity contribution in [3.63, 3.8) is 0 Å². The van der Waals surface area contributed by atoms with Gasteiger partial charge < -0.3 is 14.5 Å². The van der Waals surface area contributed by atoms with Crippen LogP contribution in [0.3, 0.4) is 0 Å². The highest BCUT2D eigenvalue weighted by atomic mass is 79.9. The number of carbonyl (C=O) groups is 3. The predicted molar refractivity (Wildman–Crippen MR) is 171 cm³/mol. The van der Waals surface area contributed by atoms with Crippen molar-refractivity contribution in [3.05, 3.63) is 86.1 Å². The lowest BCUT2D eigenvalue weighted by Crippen LogP contribution is -2.55. The van der Waals surface area contributed by atoms with Crippen molar-refractivity contribution in [2.24, 2.45) is 0 Å². The Bertz CT molecular complexity index is 1640. The van der Waals surface area contributed by atoms with Gasteiger partial charge in [0, 0.05) is 60.0 Å². The average molecular weight is 726 g/mol. The van der Waals surface area contributed by atoms with Gasteiger partial charge in [-0.25, -0.2) is 8.42 Å². The molecule has 0 radical (unpaired) electrons. The monoisotopic (exact) mass is 724 g/mol. The van der Waals surface area contributed by atoms with Gasteiger partial charge in [-0.05, 0) is 49.7 Å². The minimum atomic E-state index is -4.19. The maximum atomic E-state index is 14.3. The first kappa shape index (κ1) is 32.5. The number of nitrogens with zero attached hydrogens (tertiary/aromatic N) is 4. The molecule has 3 aliphatic rings. The Morgan fingerprint density at radius 3 is 2.25 bits per heavy atom. The average Bonchev–Trinajstić information content (AvgIpc) is 3.48. The van der Waals surface area contributed by atoms with E-state index >= 15 is 0 Å². The van der Waals surface area contributed by atoms with Gasteiger partial charge in [-0.3, -0.25) is 19.3 Å². The number of ether oxygens (including phenoxy) is 1. The second kappa shape index (κ2) is 12.5. The molecule has 234 valence electrons. The van der Waals surface area contributed by atoms with Gasteiger partial charge in [-0.1, -0.05) is 63.9 Å². The standard InChI is InChI=1S/C30H31BrCl2N4O6S/c1-4-26(44(41,42)35-13-11-34(12-14-35)28(39)25-9-10-27(38)43-25)37-19(2)36(24-16-22(32)15-23(33)17-24)29(40)30(37,3)18-20-5-7-21(31)8-6-20/h4-8,15-17,25H,2,9-14,18H2,1,3H3/b26-4+/t25?,30-/m1/s1. The first-order valence-electron chi connectivity index (χ1n) is 13.9. The number of rotatable bonds is 7. The minimum absolute atomic E-state index is 0.0252. The molecular formula is C30H31BrCl2N4O6S. The normalized spacial score (nSPS) is 23.5. The van der Waals surface area contributed by atoms with Crippen LogP contribution < -0.4 is 4.90 Å². The molecular weight excluding hydrogens is 695 g/mol. The fraction of sp³-hybridized carbons (Fsp3) is 0.367. The summed E-state index contributed by atoms with van der Waals surface area (Å²) < 4.78 is 35.9. The van der Waals surface area contributed by atoms with E-state index in [0.29, 0.717) is 22.2 Å². The number of piperazine rings is 1. The van der Waals surface area contributed by atoms with Crippen LogP contribution in [-0.4, -0.2) is 78.1 Å². The van der Waals surface area contributed by atoms with Gasteiger partial charge in [-0.15, -0.1) is 0 Å². The summed E-state index contributed by atoms with van der Waals surface area (Å²) in [5, 5.41) is 0.496. The van der Waals surface area contributed by atoms with E-state index in [9.17, 15) is 22.8 Å². The number of esters is 1. The van der Waals surface area contributed by atoms with Gasteiger partial charge in [-0.2, -0.15) is 4.31 Å². The minimum Gasteiger partial charge on any atom is -0.452 e. The van der Waals surface area contributed by atoms with Crippen LogP contribution in [-0.2, 0) is 35.6 Å². The third-order valence-corrected chi connectivity index (χ3v) is 11.0. The number of carbonyl (C=O) groups excluding carboxylic acids is 3. The molecule has 0 spiro atoms. The van der Waals surface area contributed by atoms with Crippen LogP contribution in [0.2, 0.25) is 10.0 Å². The zero-order valence-electron chi connectivity index (χ0n) is 24.1. The Morgan fingerprint density at radius 2 is 1.70 bits per heavy atom. The number of allylic oxidation sites excluding steroid dienone is 1. The van der Waals surface area contributed by atoms with E-state index in [1.165, 1.54) is 31.1 Å². The summed E-state index contributed by atoms with van der Waals surface area (Å²) in [5.74, 6) is -1.01. The summed E-state index contributed by atoms with van der Waals surface area (Å²) in [7, 11) is -4.19. The van der Waals surface area contributed by atoms with E-state index < -0.39 is 33.5 Å². The smallest absolute Gasteiger partial charge is 0.306 e. The molecule has 14 heteroatoms. The van der Waals surface area contributed by atoms with Crippen molar-refractivity contribution in [3.8, 4) is 0 Å². The Morgan fingerprint density at radius 1 is 1.09 bits per heavy atom. The van der Waals surface area contributed by atoms with Crippen LogP contribution in [0.5, 0.6) is 0 Å². The number of hydrogen-bond acceptors (Lipinski definition) is 7. The maximum Gasteiger partial charge on any atom is 0.306 e. The summed E-state index contributed by atoms with van der Waals surface area (Å²) >= 11 is 16.0. The van der Waals surface area contributed by atoms with Crippen molar-refractivity contribution in [2.75, 3.05) is 31.1 Å². The van der Waals surface area contributed by atoms with E-state index in [0.717, 1.165) is 10.0 Å². The molecule has 0 N–H and O–H groups in total. The topological polar surface area (TPSA) is 108 Å². The second-order valence-corrected chi connectivity index (χ2v) is 14.6. The molecule has 2 atom stereocenters. The lowest BCUT2D eigenvalue weighted by molar-refractivity contribution is -0.153. The molecule has 0 aliphatic carbocycles. The Balaban J connectivity index is 1.47. The highest BCUT2D eigenvalue weighted by Crippen LogP contribution is 2.44. The SMILES string of the molecule is C=C1N(c2cc(Cl)cc(Cl)c2)C(=O)[C@@](C)(Cc2ccc(Br)cc2)N1/C(=C\C)S(=O)(=O)N1CCN(C(=O)C2CCC(=O)O2)CC1. The molecule has 3 heterocycles. The number of amides is 2. The van der Waals surface area contributed by atoms with Gasteiger partial charge in [0.25, 0.3) is 21.8 Å². The molecule has 1 unspecified atom stereocenters. The number of benzene rings is 2. The summed E-state index contributed by atoms with van der Waals surface area (Å²) in [6, 6.07) is 12.1. The zero-order chi connectivity index (χ0) is 32.0. The Hall–Kier alpha value is -2.90. The number of hydrogen-bond donors (Lipinski definition) is 0. The lowest BCUT2D eigenvalue weighted by Gasteiger charge is -2.39. The van der Waals surface area contributed by atoms with Crippen molar-refractivity contribution >= 4 is 72.6 Å². The van der Waals surface area contributed by atoms with Gasteiger partial charge >= 0.3 is 5.97 Å². The molecule has 0 aromatic heterocycles. The lowest BCUT2D eigenvalue weighted by atomic mass is 9.91. The van der Waals surface area contributed by atoms with Crippen LogP contribution in [0.15, 0.2) is 70.4 Å². The van der Waals surface area contributed by atoms with Crippen LogP contribution in [0.4, 0.5) is 5.69 Å². The Kier molecular flexibility index (Phi) is 9.21. The Labute approximate surface area is 275 Å². The molecule has 5 rings (SSSR count). The number of sulfonamides is 1. The van der Waals surface area contributed by atoms with Crippen LogP contribution in [0, 0.1) is 0 Å². The van der Waals surface area contributed by atoms with Gasteiger partial charge in [0.15, 0.2) is 6.10 Å². The fourth-order valence-electron chi connectivity index (χ4n) is 5.88. The third-order valence-electron chi connectivity index (χ3n) is 8.02. The third kappa shape index (κ3) is 6.02. The molecule has 3 fully saturated rings. The summed E-state index contributed by atoms with van der Waals surface area (Å²) in [6.07, 6.45) is 1.29. The van der Waals surface area contributed by atoms with Crippen molar-refractivity contribution < 1.29 is 27.5 Å². The maximum absolute atomic E-state index is 14.3. The molecule has 44 heavy (non-hydrogen) atoms. The molecule has 10 nitrogen and oxygen atoms in total. The van der Waals surface area contributed by atoms with E-state index in [-0.39, 0.29) is 55.8 Å². The van der Waals surface area contributed by atoms with E-state index in [1.54, 1.807) is 26.0 Å². The van der Waals surface area contributed by atoms with Gasteiger partial charge in [0.1, 0.15) is 16.4 Å². The van der Waals surface area contributed by atoms with E-state index in [2.05, 4.69) is 22.5 Å². The highest BCUT2D eigenvalue weighted by molar-refractivity contribution is 9.10. The van der Waals surface area contributed by atoms with Crippen LogP contribution in [0.25, 0.3) is 0 Å². The fourth-order valence-corrected chi connectivity index (χ4v) is 8.40. The van der Waals surface area contributed by atoms with Crippen LogP contribution >= 0.6 is 39.1 Å². The van der Waals surface area contributed by atoms with Crippen molar-refractivity contribution in [2.45, 2.75) is 44.8 Å². The van der Waals surface area contributed by atoms with E-state index in [1.807, 2.05) is 24.3 Å². The summed E-state index contributed by atoms with van der Waals surface area (Å²) in [6.45, 7) is 7.78. The second-order valence-electron chi connectivity index (χ2n) is 11.0. The number of anilines is 1. The first-order valence-corrected chi connectivity index (χ1v) is 16.9. The summed E-state index contributed by atoms with van der Waals surface area (Å²) in [4.78, 5) is 43.0. The molecule has 0 bridgehead atoms. The van der Waals surface area contributed by atoms with Crippen molar-refractivity contribution in [1.29, 1.82) is 0 Å². The predicted octanol–water partition coefficient (Wildman–Crippen LogP) is 4.92. The van der Waals surface area contributed by atoms with Gasteiger partial charge in [0.2, 0.25) is 0 Å². The molecule has 2 aromatic rings. The molecule has 3 aliphatic heterocycles. The first-order chi connectivity index (χ1) is 20.8. The molecule has 2 amide bonds. The largest absolute Gasteiger partial charge is 0.452 e. The van der Waals surface area contributed by atoms with E-state index in [4.69, 9.17) is 27.9 Å². The highest BCUT2D eigenvalue weighted by Gasteiger charge is 2.55. The zero-order valence-corrected chi connectivity index (χ0v) is 28.0.